The number of nitrogens with one attached hydrogen (secondary N) is 2. The molecule has 0 aromatic carbocycles. The Balaban J connectivity index is 2.41. The maximum atomic E-state index is 5.03. The van der Waals surface area contributed by atoms with E-state index in [1.165, 1.54) is 9.75 Å². The van der Waals surface area contributed by atoms with Crippen molar-refractivity contribution in [2.75, 3.05) is 7.05 Å². The quantitative estimate of drug-likeness (QED) is 0.775. The SMILES string of the molecule is CNC(=S)NC(C)Cc1ccc(C)s1. The van der Waals surface area contributed by atoms with Gasteiger partial charge in [-0.15, -0.1) is 11.3 Å². The van der Waals surface area contributed by atoms with E-state index in [4.69, 9.17) is 12.2 Å². The number of thiophene rings is 1. The summed E-state index contributed by atoms with van der Waals surface area (Å²) in [5.41, 5.74) is 0. The minimum Gasteiger partial charge on any atom is -0.366 e. The molecule has 0 aliphatic carbocycles. The van der Waals surface area contributed by atoms with Crippen molar-refractivity contribution in [3.63, 3.8) is 0 Å². The second-order valence-electron chi connectivity index (χ2n) is 3.34. The van der Waals surface area contributed by atoms with Crippen LogP contribution in [0.5, 0.6) is 0 Å². The molecule has 0 radical (unpaired) electrons. The Bertz CT molecular complexity index is 307. The molecule has 0 bridgehead atoms. The summed E-state index contributed by atoms with van der Waals surface area (Å²) in [4.78, 5) is 2.77. The monoisotopic (exact) mass is 228 g/mol. The van der Waals surface area contributed by atoms with Crippen LogP contribution in [0.4, 0.5) is 0 Å². The molecule has 1 atom stereocenters. The van der Waals surface area contributed by atoms with Crippen LogP contribution >= 0.6 is 23.6 Å². The Kier molecular flexibility index (Phi) is 4.35. The lowest BCUT2D eigenvalue weighted by molar-refractivity contribution is 0.661. The lowest BCUT2D eigenvalue weighted by Gasteiger charge is -2.14. The largest absolute Gasteiger partial charge is 0.366 e. The van der Waals surface area contributed by atoms with Crippen molar-refractivity contribution in [1.82, 2.24) is 10.6 Å². The second kappa shape index (κ2) is 5.32. The fourth-order valence-electron chi connectivity index (χ4n) is 1.24. The molecule has 2 N–H and O–H groups in total. The topological polar surface area (TPSA) is 24.1 Å². The van der Waals surface area contributed by atoms with Gasteiger partial charge in [-0.2, -0.15) is 0 Å². The van der Waals surface area contributed by atoms with E-state index in [1.807, 2.05) is 18.4 Å². The Morgan fingerprint density at radius 3 is 2.79 bits per heavy atom. The third-order valence-corrected chi connectivity index (χ3v) is 3.25. The highest BCUT2D eigenvalue weighted by Gasteiger charge is 2.05. The molecule has 2 nitrogen and oxygen atoms in total. The molecule has 14 heavy (non-hydrogen) atoms. The highest BCUT2D eigenvalue weighted by Crippen LogP contribution is 2.16. The van der Waals surface area contributed by atoms with Crippen molar-refractivity contribution in [3.8, 4) is 0 Å². The smallest absolute Gasteiger partial charge is 0.166 e. The minimum absolute atomic E-state index is 0.382. The lowest BCUT2D eigenvalue weighted by atomic mass is 10.2. The first-order valence-corrected chi connectivity index (χ1v) is 5.88. The average Bonchev–Trinajstić information content (AvgIpc) is 2.50. The van der Waals surface area contributed by atoms with E-state index >= 15 is 0 Å². The first-order chi connectivity index (χ1) is 6.61. The number of rotatable bonds is 3. The molecule has 1 rings (SSSR count). The fourth-order valence-corrected chi connectivity index (χ4v) is 2.46. The Labute approximate surface area is 94.7 Å². The standard InChI is InChI=1S/C10H16N2S2/c1-7(12-10(13)11-3)6-9-5-4-8(2)14-9/h4-5,7H,6H2,1-3H3,(H2,11,12,13). The maximum Gasteiger partial charge on any atom is 0.166 e. The molecule has 0 amide bonds. The van der Waals surface area contributed by atoms with Crippen LogP contribution in [0.3, 0.4) is 0 Å². The van der Waals surface area contributed by atoms with E-state index in [9.17, 15) is 0 Å². The van der Waals surface area contributed by atoms with E-state index in [2.05, 4.69) is 36.6 Å². The van der Waals surface area contributed by atoms with Crippen molar-refractivity contribution >= 4 is 28.7 Å². The van der Waals surface area contributed by atoms with Gasteiger partial charge < -0.3 is 10.6 Å². The van der Waals surface area contributed by atoms with Crippen LogP contribution in [-0.4, -0.2) is 18.2 Å². The van der Waals surface area contributed by atoms with Gasteiger partial charge in [0.05, 0.1) is 0 Å². The molecule has 1 aromatic rings. The van der Waals surface area contributed by atoms with E-state index in [0.29, 0.717) is 11.2 Å². The number of hydrogen-bond donors (Lipinski definition) is 2. The van der Waals surface area contributed by atoms with Crippen LogP contribution < -0.4 is 10.6 Å². The lowest BCUT2D eigenvalue weighted by Crippen LogP contribution is -2.39. The fraction of sp³-hybridized carbons (Fsp3) is 0.500. The second-order valence-corrected chi connectivity index (χ2v) is 5.12. The molecule has 1 heterocycles. The van der Waals surface area contributed by atoms with Crippen LogP contribution in [-0.2, 0) is 6.42 Å². The van der Waals surface area contributed by atoms with Crippen molar-refractivity contribution in [2.45, 2.75) is 26.3 Å². The first kappa shape index (κ1) is 11.5. The van der Waals surface area contributed by atoms with Crippen LogP contribution in [0, 0.1) is 6.92 Å². The third-order valence-electron chi connectivity index (χ3n) is 1.91. The van der Waals surface area contributed by atoms with Crippen molar-refractivity contribution < 1.29 is 0 Å². The van der Waals surface area contributed by atoms with Gasteiger partial charge in [0.2, 0.25) is 0 Å². The van der Waals surface area contributed by atoms with E-state index in [-0.39, 0.29) is 0 Å². The van der Waals surface area contributed by atoms with Crippen molar-refractivity contribution in [1.29, 1.82) is 0 Å². The highest BCUT2D eigenvalue weighted by molar-refractivity contribution is 7.80. The molecule has 0 aliphatic rings. The summed E-state index contributed by atoms with van der Waals surface area (Å²) >= 11 is 6.88. The molecular formula is C10H16N2S2. The Hall–Kier alpha value is -0.610. The molecule has 1 aromatic heterocycles. The van der Waals surface area contributed by atoms with E-state index in [1.54, 1.807) is 0 Å². The molecule has 0 saturated carbocycles. The van der Waals surface area contributed by atoms with Crippen LogP contribution in [0.2, 0.25) is 0 Å². The van der Waals surface area contributed by atoms with Crippen molar-refractivity contribution in [3.05, 3.63) is 21.9 Å². The zero-order valence-electron chi connectivity index (χ0n) is 8.76. The van der Waals surface area contributed by atoms with Crippen LogP contribution in [0.1, 0.15) is 16.7 Å². The molecule has 4 heteroatoms. The van der Waals surface area contributed by atoms with Gasteiger partial charge >= 0.3 is 0 Å². The van der Waals surface area contributed by atoms with Gasteiger partial charge in [0.1, 0.15) is 0 Å². The third kappa shape index (κ3) is 3.64. The van der Waals surface area contributed by atoms with Gasteiger partial charge in [-0.3, -0.25) is 0 Å². The summed E-state index contributed by atoms with van der Waals surface area (Å²) in [5.74, 6) is 0. The molecule has 0 aliphatic heterocycles. The molecule has 0 saturated heterocycles. The number of aryl methyl sites for hydroxylation is 1. The summed E-state index contributed by atoms with van der Waals surface area (Å²) in [6.45, 7) is 4.27. The summed E-state index contributed by atoms with van der Waals surface area (Å²) in [5, 5.41) is 6.84. The zero-order valence-corrected chi connectivity index (χ0v) is 10.4. The summed E-state index contributed by atoms with van der Waals surface area (Å²) in [6.07, 6.45) is 1.03. The Morgan fingerprint density at radius 1 is 1.57 bits per heavy atom. The molecular weight excluding hydrogens is 212 g/mol. The van der Waals surface area contributed by atoms with Gasteiger partial charge in [0.15, 0.2) is 5.11 Å². The predicted molar refractivity (Wildman–Crippen MR) is 67.0 cm³/mol. The van der Waals surface area contributed by atoms with Gasteiger partial charge in [-0.05, 0) is 38.2 Å². The van der Waals surface area contributed by atoms with Gasteiger partial charge in [-0.1, -0.05) is 0 Å². The van der Waals surface area contributed by atoms with Gasteiger partial charge in [-0.25, -0.2) is 0 Å². The minimum atomic E-state index is 0.382. The summed E-state index contributed by atoms with van der Waals surface area (Å²) in [6, 6.07) is 4.72. The van der Waals surface area contributed by atoms with E-state index < -0.39 is 0 Å². The molecule has 78 valence electrons. The highest BCUT2D eigenvalue weighted by atomic mass is 32.1. The molecule has 1 unspecified atom stereocenters. The van der Waals surface area contributed by atoms with Gasteiger partial charge in [0, 0.05) is 29.3 Å². The van der Waals surface area contributed by atoms with Crippen LogP contribution in [0.15, 0.2) is 12.1 Å². The Morgan fingerprint density at radius 2 is 2.29 bits per heavy atom. The van der Waals surface area contributed by atoms with Gasteiger partial charge in [0.25, 0.3) is 0 Å². The molecule has 0 spiro atoms. The maximum absolute atomic E-state index is 5.03. The number of thiocarbonyl (C=S) groups is 1. The van der Waals surface area contributed by atoms with Crippen LogP contribution in [0.25, 0.3) is 0 Å². The predicted octanol–water partition coefficient (Wildman–Crippen LogP) is 2.08. The first-order valence-electron chi connectivity index (χ1n) is 4.65. The number of hydrogen-bond acceptors (Lipinski definition) is 2. The van der Waals surface area contributed by atoms with E-state index in [0.717, 1.165) is 6.42 Å². The summed E-state index contributed by atoms with van der Waals surface area (Å²) in [7, 11) is 1.83. The molecule has 0 fully saturated rings. The average molecular weight is 228 g/mol. The van der Waals surface area contributed by atoms with Crippen molar-refractivity contribution in [2.24, 2.45) is 0 Å². The zero-order chi connectivity index (χ0) is 10.6. The summed E-state index contributed by atoms with van der Waals surface area (Å²) < 4.78 is 0. The normalized spacial score (nSPS) is 12.2.